The number of carbonyl (C=O) groups is 2. The van der Waals surface area contributed by atoms with Crippen LogP contribution in [0.3, 0.4) is 0 Å². The number of aryl methyl sites for hydroxylation is 2. The predicted molar refractivity (Wildman–Crippen MR) is 143 cm³/mol. The number of likely N-dealkylation sites (tertiary alicyclic amines) is 1. The summed E-state index contributed by atoms with van der Waals surface area (Å²) in [5, 5.41) is 3.85. The number of aromatic nitrogens is 1. The van der Waals surface area contributed by atoms with Gasteiger partial charge in [-0.15, -0.1) is 0 Å². The Labute approximate surface area is 224 Å². The Morgan fingerprint density at radius 2 is 1.79 bits per heavy atom. The molecule has 0 N–H and O–H groups in total. The molecule has 38 heavy (non-hydrogen) atoms. The van der Waals surface area contributed by atoms with Crippen LogP contribution in [0.25, 0.3) is 0 Å². The van der Waals surface area contributed by atoms with Crippen LogP contribution in [-0.2, 0) is 38.7 Å². The number of hydrogen-bond donors (Lipinski definition) is 0. The number of amides is 1. The van der Waals surface area contributed by atoms with Crippen molar-refractivity contribution >= 4 is 12.4 Å². The summed E-state index contributed by atoms with van der Waals surface area (Å²) in [6.45, 7) is 11.7. The molecule has 0 bridgehead atoms. The summed E-state index contributed by atoms with van der Waals surface area (Å²) in [4.78, 5) is 23.8. The van der Waals surface area contributed by atoms with Gasteiger partial charge in [0.1, 0.15) is 24.7 Å². The van der Waals surface area contributed by atoms with E-state index >= 15 is 0 Å². The fourth-order valence-electron chi connectivity index (χ4n) is 4.05. The molecule has 2 heterocycles. The zero-order valence-corrected chi connectivity index (χ0v) is 22.3. The molecular formula is C30H36N2O6. The van der Waals surface area contributed by atoms with E-state index < -0.39 is 0 Å². The number of carbonyl (C=O) groups excluding carboxylic acids is 2. The minimum absolute atomic E-state index is 0.0304. The Balaban J connectivity index is 0.000000599. The highest BCUT2D eigenvalue weighted by molar-refractivity contribution is 5.78. The monoisotopic (exact) mass is 520 g/mol. The summed E-state index contributed by atoms with van der Waals surface area (Å²) in [5.41, 5.74) is 4.26. The highest BCUT2D eigenvalue weighted by atomic mass is 16.5. The summed E-state index contributed by atoms with van der Waals surface area (Å²) in [6, 6.07) is 18.3. The topological polar surface area (TPSA) is 91.1 Å². The Kier molecular flexibility index (Phi) is 11.1. The van der Waals surface area contributed by atoms with Gasteiger partial charge < -0.3 is 23.6 Å². The number of benzene rings is 2. The minimum atomic E-state index is 0.0304. The van der Waals surface area contributed by atoms with E-state index in [0.29, 0.717) is 38.6 Å². The summed E-state index contributed by atoms with van der Waals surface area (Å²) in [7, 11) is 0. The quantitative estimate of drug-likeness (QED) is 0.200. The molecule has 2 atom stereocenters. The fraction of sp³-hybridized carbons (Fsp3) is 0.367. The number of ether oxygens (including phenoxy) is 3. The van der Waals surface area contributed by atoms with E-state index in [1.807, 2.05) is 36.1 Å². The van der Waals surface area contributed by atoms with Gasteiger partial charge in [-0.1, -0.05) is 59.8 Å². The molecule has 0 aliphatic carbocycles. The maximum atomic E-state index is 12.6. The Morgan fingerprint density at radius 3 is 2.39 bits per heavy atom. The van der Waals surface area contributed by atoms with Crippen LogP contribution in [0.15, 0.2) is 71.8 Å². The van der Waals surface area contributed by atoms with E-state index in [9.17, 15) is 9.59 Å². The zero-order chi connectivity index (χ0) is 27.3. The van der Waals surface area contributed by atoms with Gasteiger partial charge in [-0.3, -0.25) is 9.59 Å². The van der Waals surface area contributed by atoms with E-state index in [1.165, 1.54) is 11.6 Å². The summed E-state index contributed by atoms with van der Waals surface area (Å²) >= 11 is 0. The van der Waals surface area contributed by atoms with Crippen molar-refractivity contribution in [3.05, 3.63) is 95.4 Å². The molecule has 4 rings (SSSR count). The maximum Gasteiger partial charge on any atom is 0.293 e. The molecule has 2 aromatic carbocycles. The van der Waals surface area contributed by atoms with Gasteiger partial charge in [0, 0.05) is 18.7 Å². The van der Waals surface area contributed by atoms with Crippen molar-refractivity contribution in [2.45, 2.75) is 59.0 Å². The van der Waals surface area contributed by atoms with Crippen LogP contribution >= 0.6 is 0 Å². The first-order valence-electron chi connectivity index (χ1n) is 12.6. The highest BCUT2D eigenvalue weighted by Crippen LogP contribution is 2.23. The largest absolute Gasteiger partial charge is 0.489 e. The molecular weight excluding hydrogens is 484 g/mol. The Morgan fingerprint density at radius 1 is 1.11 bits per heavy atom. The van der Waals surface area contributed by atoms with Crippen LogP contribution < -0.4 is 4.74 Å². The van der Waals surface area contributed by atoms with Crippen LogP contribution in [0.5, 0.6) is 5.75 Å². The average Bonchev–Trinajstić information content (AvgIpc) is 3.51. The number of nitrogens with zero attached hydrogens (tertiary/aromatic N) is 2. The van der Waals surface area contributed by atoms with Gasteiger partial charge in [0.15, 0.2) is 0 Å². The molecule has 1 saturated heterocycles. The molecule has 8 nitrogen and oxygen atoms in total. The van der Waals surface area contributed by atoms with E-state index in [2.05, 4.69) is 54.6 Å². The second-order valence-electron chi connectivity index (χ2n) is 9.31. The van der Waals surface area contributed by atoms with Crippen molar-refractivity contribution < 1.29 is 28.3 Å². The number of rotatable bonds is 11. The van der Waals surface area contributed by atoms with E-state index in [0.717, 1.165) is 29.0 Å². The second kappa shape index (κ2) is 14.7. The van der Waals surface area contributed by atoms with E-state index in [-0.39, 0.29) is 24.5 Å². The molecule has 1 unspecified atom stereocenters. The molecule has 1 aliphatic rings. The van der Waals surface area contributed by atoms with Gasteiger partial charge in [0.05, 0.1) is 24.8 Å². The average molecular weight is 521 g/mol. The Hall–Kier alpha value is -3.91. The standard InChI is InChI=1S/C26H30N2O4.C4H6O2/c1-18-4-6-21(7-5-18)16-30-23-10-8-22(9-11-23)17-31-25-13-20(3)28(15-25)26(29)14-24-12-19(2)27-32-24;1-2-3-6-4-5/h4-12,20,25H,13-17H2,1-3H3;2,4H,1,3H2/t20?,25-;/m1./s1. The van der Waals surface area contributed by atoms with Crippen LogP contribution in [0.2, 0.25) is 0 Å². The van der Waals surface area contributed by atoms with Gasteiger partial charge in [0.25, 0.3) is 6.47 Å². The lowest BCUT2D eigenvalue weighted by Gasteiger charge is -2.20. The van der Waals surface area contributed by atoms with Gasteiger partial charge in [-0.05, 0) is 50.5 Å². The smallest absolute Gasteiger partial charge is 0.293 e. The first kappa shape index (κ1) is 28.7. The highest BCUT2D eigenvalue weighted by Gasteiger charge is 2.33. The first-order chi connectivity index (χ1) is 18.4. The van der Waals surface area contributed by atoms with Crippen molar-refractivity contribution in [1.82, 2.24) is 10.1 Å². The van der Waals surface area contributed by atoms with Crippen molar-refractivity contribution in [2.75, 3.05) is 13.2 Å². The third-order valence-electron chi connectivity index (χ3n) is 6.08. The molecule has 1 fully saturated rings. The molecule has 0 saturated carbocycles. The molecule has 1 aliphatic heterocycles. The summed E-state index contributed by atoms with van der Waals surface area (Å²) in [6.07, 6.45) is 2.61. The molecule has 8 heteroatoms. The van der Waals surface area contributed by atoms with Gasteiger partial charge in [-0.25, -0.2) is 0 Å². The predicted octanol–water partition coefficient (Wildman–Crippen LogP) is 4.96. The Bertz CT molecular complexity index is 1150. The number of hydrogen-bond acceptors (Lipinski definition) is 7. The first-order valence-corrected chi connectivity index (χ1v) is 12.6. The zero-order valence-electron chi connectivity index (χ0n) is 22.3. The third kappa shape index (κ3) is 9.19. The minimum Gasteiger partial charge on any atom is -0.489 e. The molecule has 0 radical (unpaired) electrons. The van der Waals surface area contributed by atoms with Crippen LogP contribution in [0.1, 0.15) is 41.5 Å². The lowest BCUT2D eigenvalue weighted by molar-refractivity contribution is -0.132. The summed E-state index contributed by atoms with van der Waals surface area (Å²) < 4.78 is 21.3. The van der Waals surface area contributed by atoms with E-state index in [1.54, 1.807) is 6.07 Å². The van der Waals surface area contributed by atoms with Crippen LogP contribution in [0, 0.1) is 13.8 Å². The molecule has 202 valence electrons. The van der Waals surface area contributed by atoms with Crippen molar-refractivity contribution in [1.29, 1.82) is 0 Å². The van der Waals surface area contributed by atoms with Gasteiger partial charge in [0.2, 0.25) is 5.91 Å². The lowest BCUT2D eigenvalue weighted by Crippen LogP contribution is -2.35. The van der Waals surface area contributed by atoms with E-state index in [4.69, 9.17) is 14.0 Å². The molecule has 3 aromatic rings. The lowest BCUT2D eigenvalue weighted by atomic mass is 10.2. The van der Waals surface area contributed by atoms with Crippen LogP contribution in [-0.4, -0.2) is 47.7 Å². The summed E-state index contributed by atoms with van der Waals surface area (Å²) in [5.74, 6) is 1.49. The SMILES string of the molecule is C=CCOC=O.Cc1ccc(COc2ccc(CO[C@@H]3CC(C)N(C(=O)Cc4cc(C)no4)C3)cc2)cc1. The molecule has 1 aromatic heterocycles. The van der Waals surface area contributed by atoms with Crippen molar-refractivity contribution in [3.63, 3.8) is 0 Å². The van der Waals surface area contributed by atoms with Gasteiger partial charge in [-0.2, -0.15) is 0 Å². The molecule has 1 amide bonds. The van der Waals surface area contributed by atoms with Crippen LogP contribution in [0.4, 0.5) is 0 Å². The molecule has 0 spiro atoms. The van der Waals surface area contributed by atoms with Crippen molar-refractivity contribution in [2.24, 2.45) is 0 Å². The van der Waals surface area contributed by atoms with Crippen molar-refractivity contribution in [3.8, 4) is 5.75 Å². The second-order valence-corrected chi connectivity index (χ2v) is 9.31. The van der Waals surface area contributed by atoms with Gasteiger partial charge >= 0.3 is 0 Å². The maximum absolute atomic E-state index is 12.6. The normalized spacial score (nSPS) is 16.3. The fourth-order valence-corrected chi connectivity index (χ4v) is 4.05. The third-order valence-corrected chi connectivity index (χ3v) is 6.08.